The summed E-state index contributed by atoms with van der Waals surface area (Å²) in [5.41, 5.74) is 17.2. The first-order chi connectivity index (χ1) is 45.1. The zero-order chi connectivity index (χ0) is 65.5. The van der Waals surface area contributed by atoms with E-state index in [0.717, 1.165) is 59.0 Å². The van der Waals surface area contributed by atoms with Crippen molar-refractivity contribution in [2.24, 2.45) is 23.3 Å². The fraction of sp³-hybridized carbons (Fsp3) is 0.431. The molecule has 0 unspecified atom stereocenters. The van der Waals surface area contributed by atoms with Crippen molar-refractivity contribution in [3.05, 3.63) is 179 Å². The van der Waals surface area contributed by atoms with E-state index in [0.29, 0.717) is 54.9 Å². The highest BCUT2D eigenvalue weighted by molar-refractivity contribution is 7.98. The number of aromatic nitrogens is 1. The maximum Gasteiger partial charge on any atom is 0.251 e. The Labute approximate surface area is 549 Å². The van der Waals surface area contributed by atoms with E-state index in [4.69, 9.17) is 11.5 Å². The van der Waals surface area contributed by atoms with Crippen molar-refractivity contribution in [1.29, 1.82) is 0 Å². The number of nitrogens with zero attached hydrogens (tertiary/aromatic N) is 4. The molecule has 6 aromatic rings. The first kappa shape index (κ1) is 68.5. The molecule has 3 heterocycles. The number of unbranched alkanes of at least 4 members (excludes halogenated alkanes) is 1. The van der Waals surface area contributed by atoms with E-state index < -0.39 is 67.4 Å². The molecule has 21 heteroatoms. The van der Waals surface area contributed by atoms with E-state index in [1.807, 2.05) is 133 Å². The number of nitrogens with one attached hydrogen (secondary N) is 5. The summed E-state index contributed by atoms with van der Waals surface area (Å²) in [5.74, 6) is -2.64. The SMILES string of the molecule is NCCCC[C@H]1CN(C(=O)Cc2ccccc2)CC(=O)N[C@@H](Cc2ccccc2)CN(CC(N)=O)C(=O)CCSCc2ccc(cc2)C(=O)N[C@@H](Cc2ccccc2)CN(C(=O)CC2CC2)CC(=O)N[C@@H](Cc2cc3ccccc3[nH]2)CN(C(=O)CC2CC2)CC(=O)N1. The second-order valence-corrected chi connectivity index (χ2v) is 26.3. The van der Waals surface area contributed by atoms with Crippen LogP contribution in [0, 0.1) is 11.8 Å². The van der Waals surface area contributed by atoms with Gasteiger partial charge in [0, 0.05) is 86.2 Å². The van der Waals surface area contributed by atoms with Gasteiger partial charge in [-0.1, -0.05) is 128 Å². The van der Waals surface area contributed by atoms with Crippen LogP contribution in [0.2, 0.25) is 0 Å². The summed E-state index contributed by atoms with van der Waals surface area (Å²) in [5, 5.41) is 13.6. The third-order valence-electron chi connectivity index (χ3n) is 17.1. The number of para-hydroxylation sites is 1. The number of nitrogens with two attached hydrogens (primary N) is 2. The Balaban J connectivity index is 1.05. The number of primary amides is 1. The molecule has 0 saturated heterocycles. The van der Waals surface area contributed by atoms with E-state index in [9.17, 15) is 43.2 Å². The van der Waals surface area contributed by atoms with E-state index in [2.05, 4.69) is 26.3 Å². The van der Waals surface area contributed by atoms with E-state index in [-0.39, 0.29) is 113 Å². The number of H-pyrrole nitrogens is 1. The van der Waals surface area contributed by atoms with Crippen LogP contribution in [0.4, 0.5) is 0 Å². The normalized spacial score (nSPS) is 20.0. The number of carbonyl (C=O) groups is 9. The second kappa shape index (κ2) is 34.7. The number of carbonyl (C=O) groups excluding carboxylic acids is 9. The number of amides is 9. The molecule has 93 heavy (non-hydrogen) atoms. The van der Waals surface area contributed by atoms with Crippen molar-refractivity contribution < 1.29 is 43.2 Å². The van der Waals surface area contributed by atoms with Crippen LogP contribution >= 0.6 is 11.8 Å². The third-order valence-corrected chi connectivity index (χ3v) is 18.2. The third kappa shape index (κ3) is 23.1. The molecule has 1 aromatic heterocycles. The molecule has 5 aromatic carbocycles. The Hall–Kier alpha value is -8.82. The molecule has 4 atom stereocenters. The van der Waals surface area contributed by atoms with Gasteiger partial charge in [0.05, 0.1) is 50.7 Å². The highest BCUT2D eigenvalue weighted by Gasteiger charge is 2.34. The fourth-order valence-corrected chi connectivity index (χ4v) is 12.8. The van der Waals surface area contributed by atoms with E-state index in [1.165, 1.54) is 31.4 Å². The molecule has 2 fully saturated rings. The van der Waals surface area contributed by atoms with Crippen LogP contribution in [-0.4, -0.2) is 167 Å². The van der Waals surface area contributed by atoms with Crippen molar-refractivity contribution in [2.45, 2.75) is 120 Å². The lowest BCUT2D eigenvalue weighted by atomic mass is 10.0. The van der Waals surface area contributed by atoms with E-state index in [1.54, 1.807) is 12.1 Å². The van der Waals surface area contributed by atoms with E-state index >= 15 is 0 Å². The fourth-order valence-electron chi connectivity index (χ4n) is 12.0. The van der Waals surface area contributed by atoms with Crippen molar-refractivity contribution in [3.63, 3.8) is 0 Å². The minimum Gasteiger partial charge on any atom is -0.368 e. The highest BCUT2D eigenvalue weighted by atomic mass is 32.2. The largest absolute Gasteiger partial charge is 0.368 e. The molecule has 0 spiro atoms. The standard InChI is InChI=1S/C72H89N11O9S/c73-32-13-12-21-58-41-81(69(89)36-52-18-8-3-9-19-52)47-66(86)77-60(34-50-14-4-1-5-15-50)42-80(45-64(74)84)68(88)31-33-93-49-55-27-29-56(30-28-55)72(92)79-61(35-51-16-6-2-7-17-51)43-82(70(90)37-53-23-24-53)48-67(87)78-62(40-59-39-57-20-10-11-22-63(57)75-59)44-83(46-65(85)76-58)71(91)38-54-25-26-54/h1-11,14-20,22,27-30,39,53-54,58,60-62,75H,12-13,21,23-26,31-38,40-49,73H2,(H2,74,84)(H,76,85)(H,77,86)(H,78,87)(H,79,92)/t58-,60-,61-,62-/m0/s1. The quantitative estimate of drug-likeness (QED) is 0.0396. The van der Waals surface area contributed by atoms with Crippen LogP contribution in [0.1, 0.15) is 103 Å². The summed E-state index contributed by atoms with van der Waals surface area (Å²) in [4.78, 5) is 138. The molecule has 9 N–H and O–H groups in total. The molecular formula is C72H89N11O9S. The first-order valence-corrected chi connectivity index (χ1v) is 33.9. The predicted molar refractivity (Wildman–Crippen MR) is 360 cm³/mol. The Morgan fingerprint density at radius 1 is 0.527 bits per heavy atom. The van der Waals surface area contributed by atoms with Gasteiger partial charge in [-0.15, -0.1) is 0 Å². The van der Waals surface area contributed by atoms with Crippen molar-refractivity contribution in [3.8, 4) is 0 Å². The summed E-state index contributed by atoms with van der Waals surface area (Å²) < 4.78 is 0. The number of rotatable bonds is 18. The number of aromatic amines is 1. The number of fused-ring (bicyclic) bond motifs is 30. The Bertz CT molecular complexity index is 3440. The van der Waals surface area contributed by atoms with Crippen LogP contribution in [0.25, 0.3) is 10.9 Å². The Kier molecular flexibility index (Phi) is 25.6. The average molecular weight is 1280 g/mol. The summed E-state index contributed by atoms with van der Waals surface area (Å²) in [6, 6.07) is 42.2. The maximum absolute atomic E-state index is 14.9. The average Bonchev–Trinajstić information content (AvgIpc) is 1.93. The number of hydrogen-bond acceptors (Lipinski definition) is 11. The van der Waals surface area contributed by atoms with Crippen LogP contribution in [-0.2, 0) is 69.8 Å². The summed E-state index contributed by atoms with van der Waals surface area (Å²) in [6.07, 6.45) is 6.33. The molecule has 9 amide bonds. The number of benzene rings is 5. The van der Waals surface area contributed by atoms with Crippen LogP contribution in [0.15, 0.2) is 146 Å². The predicted octanol–water partition coefficient (Wildman–Crippen LogP) is 5.86. The number of hydrogen-bond donors (Lipinski definition) is 7. The monoisotopic (exact) mass is 1280 g/mol. The number of thioether (sulfide) groups is 1. The van der Waals surface area contributed by atoms with Crippen molar-refractivity contribution in [2.75, 3.05) is 64.7 Å². The topological polar surface area (TPSA) is 283 Å². The molecular weight excluding hydrogens is 1190 g/mol. The van der Waals surface area contributed by atoms with Gasteiger partial charge in [0.25, 0.3) is 5.91 Å². The zero-order valence-electron chi connectivity index (χ0n) is 53.0. The smallest absolute Gasteiger partial charge is 0.251 e. The van der Waals surface area contributed by atoms with Gasteiger partial charge >= 0.3 is 0 Å². The molecule has 4 aliphatic rings. The Morgan fingerprint density at radius 2 is 1.02 bits per heavy atom. The summed E-state index contributed by atoms with van der Waals surface area (Å²) >= 11 is 1.50. The molecule has 2 aliphatic carbocycles. The van der Waals surface area contributed by atoms with Crippen LogP contribution < -0.4 is 32.7 Å². The van der Waals surface area contributed by atoms with Gasteiger partial charge in [0.2, 0.25) is 47.3 Å². The minimum absolute atomic E-state index is 0.0167. The first-order valence-electron chi connectivity index (χ1n) is 32.7. The molecule has 2 bridgehead atoms. The molecule has 20 nitrogen and oxygen atoms in total. The summed E-state index contributed by atoms with van der Waals surface area (Å²) in [6.45, 7) is -1.42. The highest BCUT2D eigenvalue weighted by Crippen LogP contribution is 2.34. The van der Waals surface area contributed by atoms with Gasteiger partial charge in [-0.2, -0.15) is 11.8 Å². The molecule has 2 saturated carbocycles. The van der Waals surface area contributed by atoms with Crippen LogP contribution in [0.5, 0.6) is 0 Å². The van der Waals surface area contributed by atoms with Crippen LogP contribution in [0.3, 0.4) is 0 Å². The minimum atomic E-state index is -0.770. The van der Waals surface area contributed by atoms with Gasteiger partial charge < -0.3 is 57.3 Å². The second-order valence-electron chi connectivity index (χ2n) is 25.2. The van der Waals surface area contributed by atoms with Gasteiger partial charge in [-0.05, 0) is 122 Å². The molecule has 10 rings (SSSR count). The molecule has 0 radical (unpaired) electrons. The summed E-state index contributed by atoms with van der Waals surface area (Å²) in [7, 11) is 0. The van der Waals surface area contributed by atoms with Gasteiger partial charge in [-0.25, -0.2) is 0 Å². The lowest BCUT2D eigenvalue weighted by Gasteiger charge is -2.32. The molecule has 2 aliphatic heterocycles. The zero-order valence-corrected chi connectivity index (χ0v) is 53.8. The maximum atomic E-state index is 14.9. The van der Waals surface area contributed by atoms with Gasteiger partial charge in [0.1, 0.15) is 0 Å². The molecule has 492 valence electrons. The lowest BCUT2D eigenvalue weighted by molar-refractivity contribution is -0.138. The van der Waals surface area contributed by atoms with Crippen molar-refractivity contribution in [1.82, 2.24) is 45.9 Å². The van der Waals surface area contributed by atoms with Gasteiger partial charge in [0.15, 0.2) is 0 Å². The van der Waals surface area contributed by atoms with Crippen molar-refractivity contribution >= 4 is 75.8 Å². The van der Waals surface area contributed by atoms with Gasteiger partial charge in [-0.3, -0.25) is 43.2 Å². The Morgan fingerprint density at radius 3 is 1.56 bits per heavy atom. The lowest BCUT2D eigenvalue weighted by Crippen LogP contribution is -2.55.